The minimum absolute atomic E-state index is 0.0870. The van der Waals surface area contributed by atoms with Crippen molar-refractivity contribution in [2.24, 2.45) is 0 Å². The van der Waals surface area contributed by atoms with E-state index in [4.69, 9.17) is 33.2 Å². The molecule has 0 saturated carbocycles. The zero-order valence-electron chi connectivity index (χ0n) is 29.6. The van der Waals surface area contributed by atoms with Gasteiger partial charge in [0.05, 0.1) is 25.4 Å². The number of ether oxygens (including phenoxy) is 7. The van der Waals surface area contributed by atoms with Crippen LogP contribution in [0.15, 0.2) is 127 Å². The lowest BCUT2D eigenvalue weighted by molar-refractivity contribution is 0.0479. The summed E-state index contributed by atoms with van der Waals surface area (Å²) in [5.74, 6) is 2.46. The molecular weight excluding hydrogens is 656 g/mol. The first-order chi connectivity index (χ1) is 25.4. The van der Waals surface area contributed by atoms with Crippen molar-refractivity contribution in [1.29, 1.82) is 0 Å². The molecule has 268 valence electrons. The summed E-state index contributed by atoms with van der Waals surface area (Å²) in [5.41, 5.74) is 6.17. The third-order valence-corrected chi connectivity index (χ3v) is 9.22. The molecule has 0 amide bonds. The van der Waals surface area contributed by atoms with Crippen LogP contribution >= 0.6 is 0 Å². The van der Waals surface area contributed by atoms with E-state index in [-0.39, 0.29) is 23.6 Å². The second-order valence-corrected chi connectivity index (χ2v) is 13.6. The van der Waals surface area contributed by atoms with Crippen molar-refractivity contribution in [2.75, 3.05) is 39.6 Å². The number of benzene rings is 5. The second kappa shape index (κ2) is 16.5. The Labute approximate surface area is 305 Å². The largest absolute Gasteiger partial charge is 0.491 e. The molecule has 0 radical (unpaired) electrons. The van der Waals surface area contributed by atoms with E-state index in [1.54, 1.807) is 6.07 Å². The summed E-state index contributed by atoms with van der Waals surface area (Å²) in [5, 5.41) is 0. The molecule has 8 nitrogen and oxygen atoms in total. The summed E-state index contributed by atoms with van der Waals surface area (Å²) in [4.78, 5) is 11.8. The third-order valence-electron chi connectivity index (χ3n) is 9.22. The van der Waals surface area contributed by atoms with Crippen LogP contribution in [0.25, 0.3) is 11.1 Å². The van der Waals surface area contributed by atoms with Crippen LogP contribution in [0.5, 0.6) is 17.2 Å². The Morgan fingerprint density at radius 3 is 1.40 bits per heavy atom. The fourth-order valence-corrected chi connectivity index (χ4v) is 5.71. The van der Waals surface area contributed by atoms with Gasteiger partial charge in [0.1, 0.15) is 62.0 Å². The lowest BCUT2D eigenvalue weighted by atomic mass is 9.78. The molecule has 3 unspecified atom stereocenters. The molecule has 0 N–H and O–H groups in total. The van der Waals surface area contributed by atoms with Crippen molar-refractivity contribution >= 4 is 5.97 Å². The first kappa shape index (κ1) is 35.3. The van der Waals surface area contributed by atoms with Gasteiger partial charge in [0.2, 0.25) is 0 Å². The fourth-order valence-electron chi connectivity index (χ4n) is 5.71. The molecule has 0 bridgehead atoms. The molecule has 4 aliphatic heterocycles. The van der Waals surface area contributed by atoms with Crippen molar-refractivity contribution in [3.05, 3.63) is 150 Å². The van der Waals surface area contributed by atoms with Gasteiger partial charge in [0, 0.05) is 5.41 Å². The van der Waals surface area contributed by atoms with Gasteiger partial charge >= 0.3 is 5.97 Å². The molecule has 0 aromatic heterocycles. The number of carbonyl (C=O) groups excluding carboxylic acids is 1. The van der Waals surface area contributed by atoms with E-state index in [1.807, 2.05) is 97.1 Å². The molecular formula is C44H44O8. The number of hydrogen-bond donors (Lipinski definition) is 0. The fraction of sp³-hybridized carbons (Fsp3) is 0.295. The summed E-state index contributed by atoms with van der Waals surface area (Å²) in [6.07, 6.45) is 0.905. The maximum absolute atomic E-state index is 11.8. The summed E-state index contributed by atoms with van der Waals surface area (Å²) in [6.45, 7) is 9.26. The minimum Gasteiger partial charge on any atom is -0.491 e. The average molecular weight is 701 g/mol. The zero-order valence-corrected chi connectivity index (χ0v) is 29.6. The smallest absolute Gasteiger partial charge is 0.339 e. The monoisotopic (exact) mass is 700 g/mol. The predicted molar refractivity (Wildman–Crippen MR) is 198 cm³/mol. The molecule has 5 aromatic rings. The average Bonchev–Trinajstić information content (AvgIpc) is 4.02. The number of cyclic esters (lactones) is 1. The van der Waals surface area contributed by atoms with Crippen molar-refractivity contribution in [3.8, 4) is 28.4 Å². The van der Waals surface area contributed by atoms with E-state index in [1.165, 1.54) is 11.1 Å². The Balaban J connectivity index is 0.000000133. The van der Waals surface area contributed by atoms with Crippen LogP contribution in [0.1, 0.15) is 40.9 Å². The van der Waals surface area contributed by atoms with Gasteiger partial charge < -0.3 is 33.2 Å². The summed E-state index contributed by atoms with van der Waals surface area (Å²) < 4.78 is 37.4. The normalized spacial score (nSPS) is 19.0. The Morgan fingerprint density at radius 1 is 0.519 bits per heavy atom. The Morgan fingerprint density at radius 2 is 0.923 bits per heavy atom. The molecule has 3 saturated heterocycles. The zero-order chi connectivity index (χ0) is 35.8. The van der Waals surface area contributed by atoms with E-state index in [9.17, 15) is 4.79 Å². The van der Waals surface area contributed by atoms with Crippen molar-refractivity contribution in [1.82, 2.24) is 0 Å². The Bertz CT molecular complexity index is 1830. The number of para-hydroxylation sites is 1. The molecule has 4 heterocycles. The van der Waals surface area contributed by atoms with E-state index in [0.717, 1.165) is 53.8 Å². The number of hydrogen-bond acceptors (Lipinski definition) is 8. The van der Waals surface area contributed by atoms with Gasteiger partial charge in [-0.05, 0) is 70.3 Å². The summed E-state index contributed by atoms with van der Waals surface area (Å²) in [6, 6.07) is 42.0. The standard InChI is InChI=1S/C21H24O4.C14H10O2.C9H10O2/c1-21(2,15-3-7-17(8-4-15)22-11-19-13-24-19)16-5-9-18(10-6-16)23-12-20-14-25-20;15-14-13-8-4-3-7-12(13)11-6-2-1-5-10(11)9-16-14;1-2-4-8(5-3-1)10-6-9-7-11-9/h3-10,19-20H,11-14H2,1-2H3;1-8H,9H2;1-5,9H,6-7H2. The van der Waals surface area contributed by atoms with Gasteiger partial charge in [-0.25, -0.2) is 4.79 Å². The number of carbonyl (C=O) groups is 1. The van der Waals surface area contributed by atoms with Gasteiger partial charge in [0.15, 0.2) is 0 Å². The van der Waals surface area contributed by atoms with Crippen LogP contribution in [0, 0.1) is 0 Å². The number of epoxide rings is 3. The van der Waals surface area contributed by atoms with Gasteiger partial charge in [-0.1, -0.05) is 98.8 Å². The lowest BCUT2D eigenvalue weighted by Gasteiger charge is -2.26. The molecule has 0 spiro atoms. The number of rotatable bonds is 11. The highest BCUT2D eigenvalue weighted by atomic mass is 16.6. The molecule has 9 rings (SSSR count). The number of esters is 1. The van der Waals surface area contributed by atoms with Crippen molar-refractivity contribution < 1.29 is 38.0 Å². The highest BCUT2D eigenvalue weighted by Crippen LogP contribution is 2.34. The molecule has 0 aliphatic carbocycles. The van der Waals surface area contributed by atoms with Gasteiger partial charge in [-0.3, -0.25) is 0 Å². The summed E-state index contributed by atoms with van der Waals surface area (Å²) in [7, 11) is 0. The van der Waals surface area contributed by atoms with Crippen LogP contribution < -0.4 is 14.2 Å². The van der Waals surface area contributed by atoms with Gasteiger partial charge in [-0.2, -0.15) is 0 Å². The van der Waals surface area contributed by atoms with Crippen LogP contribution in [0.3, 0.4) is 0 Å². The summed E-state index contributed by atoms with van der Waals surface area (Å²) >= 11 is 0. The maximum atomic E-state index is 11.8. The topological polar surface area (TPSA) is 91.6 Å². The lowest BCUT2D eigenvalue weighted by Crippen LogP contribution is -2.18. The van der Waals surface area contributed by atoms with E-state index in [0.29, 0.717) is 38.1 Å². The highest BCUT2D eigenvalue weighted by molar-refractivity contribution is 5.98. The van der Waals surface area contributed by atoms with Crippen LogP contribution in [-0.4, -0.2) is 63.9 Å². The first-order valence-corrected chi connectivity index (χ1v) is 17.8. The highest BCUT2D eigenvalue weighted by Gasteiger charge is 2.26. The van der Waals surface area contributed by atoms with Crippen LogP contribution in [0.2, 0.25) is 0 Å². The third kappa shape index (κ3) is 9.79. The SMILES string of the molecule is CC(C)(c1ccc(OCC2CO2)cc1)c1ccc(OCC2CO2)cc1.O=C1OCc2ccccc2-c2ccccc21.c1ccc(OCC2CO2)cc1. The molecule has 4 aliphatic rings. The van der Waals surface area contributed by atoms with Gasteiger partial charge in [0.25, 0.3) is 0 Å². The van der Waals surface area contributed by atoms with E-state index >= 15 is 0 Å². The Kier molecular flexibility index (Phi) is 11.2. The maximum Gasteiger partial charge on any atom is 0.339 e. The predicted octanol–water partition coefficient (Wildman–Crippen LogP) is 8.06. The van der Waals surface area contributed by atoms with E-state index in [2.05, 4.69) is 38.1 Å². The second-order valence-electron chi connectivity index (χ2n) is 13.6. The molecule has 8 heteroatoms. The van der Waals surface area contributed by atoms with Crippen LogP contribution in [0.4, 0.5) is 0 Å². The van der Waals surface area contributed by atoms with Crippen LogP contribution in [-0.2, 0) is 31.0 Å². The molecule has 3 fully saturated rings. The van der Waals surface area contributed by atoms with E-state index < -0.39 is 0 Å². The number of fused-ring (bicyclic) bond motifs is 3. The minimum atomic E-state index is -0.244. The van der Waals surface area contributed by atoms with Gasteiger partial charge in [-0.15, -0.1) is 0 Å². The molecule has 52 heavy (non-hydrogen) atoms. The van der Waals surface area contributed by atoms with Crippen molar-refractivity contribution in [2.45, 2.75) is 44.2 Å². The quantitative estimate of drug-likeness (QED) is 0.101. The Hall–Kier alpha value is -5.15. The molecule has 5 aromatic carbocycles. The van der Waals surface area contributed by atoms with Crippen molar-refractivity contribution in [3.63, 3.8) is 0 Å². The first-order valence-electron chi connectivity index (χ1n) is 17.8. The molecule has 3 atom stereocenters.